The van der Waals surface area contributed by atoms with E-state index in [1.165, 1.54) is 0 Å². The number of ether oxygens (including phenoxy) is 3. The standard InChI is InChI=1S/C41H37N5O6/c1-24-14-33-35(43-20-30-16-28(23-45(30)40(33)48)26-6-10-32(47)11-7-26)18-37(24)51-12-3-13-52-39-19-36-34(17-38(39)50-2)41(49)46-22-27(15-31(46)21-44-36)25-4-8-29(42)9-5-25/h4-11,14,17-23,30-31,47H,3,12-13,15-16,42H2,1-2H3/t30-,31-/m0/s1. The Labute approximate surface area is 301 Å². The average Bonchev–Trinajstić information content (AvgIpc) is 3.73. The molecule has 4 aromatic rings. The smallest absolute Gasteiger partial charge is 0.260 e. The zero-order valence-electron chi connectivity index (χ0n) is 28.8. The van der Waals surface area contributed by atoms with E-state index in [1.54, 1.807) is 41.2 Å². The van der Waals surface area contributed by atoms with Crippen molar-refractivity contribution in [1.82, 2.24) is 9.80 Å². The number of phenolic OH excluding ortho intramolecular Hbond substituents is 1. The molecule has 0 radical (unpaired) electrons. The number of amides is 2. The maximum Gasteiger partial charge on any atom is 0.260 e. The largest absolute Gasteiger partial charge is 0.508 e. The number of benzene rings is 4. The number of aromatic hydroxyl groups is 1. The number of carbonyl (C=O) groups excluding carboxylic acids is 2. The number of fused-ring (bicyclic) bond motifs is 4. The van der Waals surface area contributed by atoms with Crippen molar-refractivity contribution >= 4 is 52.5 Å². The zero-order valence-corrected chi connectivity index (χ0v) is 28.8. The molecule has 262 valence electrons. The lowest BCUT2D eigenvalue weighted by atomic mass is 10.0. The molecule has 0 saturated carbocycles. The number of hydrogen-bond acceptors (Lipinski definition) is 9. The van der Waals surface area contributed by atoms with E-state index in [0.29, 0.717) is 77.9 Å². The third-order valence-electron chi connectivity index (χ3n) is 9.76. The topological polar surface area (TPSA) is 139 Å². The molecule has 0 saturated heterocycles. The van der Waals surface area contributed by atoms with Gasteiger partial charge in [0.05, 0.1) is 54.9 Å². The zero-order chi connectivity index (χ0) is 35.9. The highest BCUT2D eigenvalue weighted by Crippen LogP contribution is 2.41. The van der Waals surface area contributed by atoms with Gasteiger partial charge in [0.25, 0.3) is 11.8 Å². The van der Waals surface area contributed by atoms with E-state index >= 15 is 0 Å². The van der Waals surface area contributed by atoms with E-state index in [1.807, 2.05) is 80.3 Å². The Bertz CT molecular complexity index is 2210. The number of phenols is 1. The van der Waals surface area contributed by atoms with Gasteiger partial charge in [0.15, 0.2) is 11.5 Å². The maximum atomic E-state index is 13.7. The van der Waals surface area contributed by atoms with Gasteiger partial charge < -0.3 is 34.9 Å². The van der Waals surface area contributed by atoms with Crippen molar-refractivity contribution in [1.29, 1.82) is 0 Å². The monoisotopic (exact) mass is 695 g/mol. The molecule has 0 aromatic heterocycles. The summed E-state index contributed by atoms with van der Waals surface area (Å²) in [6.07, 6.45) is 9.24. The lowest BCUT2D eigenvalue weighted by molar-refractivity contribution is 0.0809. The van der Waals surface area contributed by atoms with Crippen LogP contribution in [0.15, 0.2) is 95.2 Å². The van der Waals surface area contributed by atoms with Gasteiger partial charge >= 0.3 is 0 Å². The number of hydrogen-bond donors (Lipinski definition) is 2. The minimum atomic E-state index is -0.196. The van der Waals surface area contributed by atoms with Gasteiger partial charge in [0.2, 0.25) is 0 Å². The predicted octanol–water partition coefficient (Wildman–Crippen LogP) is 7.08. The first kappa shape index (κ1) is 32.8. The Hall–Kier alpha value is -6.36. The van der Waals surface area contributed by atoms with Crippen LogP contribution in [0.1, 0.15) is 56.7 Å². The number of nitrogens with zero attached hydrogens (tertiary/aromatic N) is 4. The summed E-state index contributed by atoms with van der Waals surface area (Å²) < 4.78 is 17.9. The Morgan fingerprint density at radius 1 is 0.731 bits per heavy atom. The van der Waals surface area contributed by atoms with Crippen LogP contribution in [0, 0.1) is 6.92 Å². The van der Waals surface area contributed by atoms with E-state index in [4.69, 9.17) is 19.9 Å². The molecule has 11 heteroatoms. The normalized spacial score (nSPS) is 18.5. The quantitative estimate of drug-likeness (QED) is 0.141. The molecule has 0 spiro atoms. The van der Waals surface area contributed by atoms with Crippen molar-refractivity contribution in [2.24, 2.45) is 9.98 Å². The second-order valence-corrected chi connectivity index (χ2v) is 13.2. The van der Waals surface area contributed by atoms with Crippen molar-refractivity contribution in [3.8, 4) is 23.0 Å². The van der Waals surface area contributed by atoms with E-state index in [9.17, 15) is 14.7 Å². The number of rotatable bonds is 9. The Kier molecular flexibility index (Phi) is 8.46. The summed E-state index contributed by atoms with van der Waals surface area (Å²) in [6.45, 7) is 2.62. The number of nitrogen functional groups attached to an aromatic ring is 1. The minimum absolute atomic E-state index is 0.116. The van der Waals surface area contributed by atoms with Gasteiger partial charge in [-0.25, -0.2) is 0 Å². The highest BCUT2D eigenvalue weighted by Gasteiger charge is 2.34. The van der Waals surface area contributed by atoms with Crippen molar-refractivity contribution in [3.63, 3.8) is 0 Å². The summed E-state index contributed by atoms with van der Waals surface area (Å²) in [6, 6.07) is 21.3. The number of aryl methyl sites for hydroxylation is 1. The van der Waals surface area contributed by atoms with Crippen molar-refractivity contribution in [2.45, 2.75) is 38.3 Å². The molecular formula is C41H37N5O6. The SMILES string of the molecule is COc1cc2c(cc1OCCCOc1cc3c(cc1C)C(=O)N1C=C(c4ccc(O)cc4)C[C@H]1C=N3)N=C[C@@H]1CC(c3ccc(N)cc3)=CN1C2=O. The maximum absolute atomic E-state index is 13.7. The molecule has 0 bridgehead atoms. The van der Waals surface area contributed by atoms with Gasteiger partial charge in [0.1, 0.15) is 11.5 Å². The molecule has 0 fully saturated rings. The van der Waals surface area contributed by atoms with E-state index < -0.39 is 0 Å². The number of aliphatic imine (C=N–C) groups is 2. The Morgan fingerprint density at radius 3 is 1.83 bits per heavy atom. The van der Waals surface area contributed by atoms with Crippen molar-refractivity contribution in [3.05, 3.63) is 113 Å². The highest BCUT2D eigenvalue weighted by atomic mass is 16.5. The summed E-state index contributed by atoms with van der Waals surface area (Å²) >= 11 is 0. The van der Waals surface area contributed by atoms with Gasteiger partial charge in [-0.05, 0) is 71.2 Å². The molecular weight excluding hydrogens is 658 g/mol. The first-order valence-corrected chi connectivity index (χ1v) is 17.2. The average molecular weight is 696 g/mol. The van der Waals surface area contributed by atoms with Crippen LogP contribution < -0.4 is 19.9 Å². The molecule has 11 nitrogen and oxygen atoms in total. The first-order chi connectivity index (χ1) is 25.2. The molecule has 4 aliphatic rings. The summed E-state index contributed by atoms with van der Waals surface area (Å²) in [5, 5.41) is 9.65. The molecule has 4 aromatic carbocycles. The lowest BCUT2D eigenvalue weighted by Crippen LogP contribution is -2.32. The van der Waals surface area contributed by atoms with Crippen molar-refractivity contribution < 1.29 is 28.9 Å². The van der Waals surface area contributed by atoms with Gasteiger partial charge in [0, 0.05) is 61.9 Å². The van der Waals surface area contributed by atoms with Gasteiger partial charge in [-0.3, -0.25) is 19.6 Å². The van der Waals surface area contributed by atoms with Gasteiger partial charge in [-0.1, -0.05) is 24.3 Å². The summed E-state index contributed by atoms with van der Waals surface area (Å²) in [5.41, 5.74) is 13.5. The molecule has 0 unspecified atom stereocenters. The molecule has 2 atom stereocenters. The fraction of sp³-hybridized carbons (Fsp3) is 0.220. The number of carbonyl (C=O) groups is 2. The Balaban J connectivity index is 0.900. The summed E-state index contributed by atoms with van der Waals surface area (Å²) in [7, 11) is 1.54. The van der Waals surface area contributed by atoms with E-state index in [-0.39, 0.29) is 29.6 Å². The molecule has 2 amide bonds. The molecule has 4 heterocycles. The predicted molar refractivity (Wildman–Crippen MR) is 200 cm³/mol. The van der Waals surface area contributed by atoms with Crippen LogP contribution in [0.2, 0.25) is 0 Å². The van der Waals surface area contributed by atoms with Crippen LogP contribution in [0.4, 0.5) is 17.1 Å². The summed E-state index contributed by atoms with van der Waals surface area (Å²) in [4.78, 5) is 40.1. The molecule has 3 N–H and O–H groups in total. The third kappa shape index (κ3) is 6.14. The van der Waals surface area contributed by atoms with Gasteiger partial charge in [-0.2, -0.15) is 0 Å². The van der Waals surface area contributed by atoms with Gasteiger partial charge in [-0.15, -0.1) is 0 Å². The number of nitrogens with two attached hydrogens (primary N) is 1. The molecule has 8 rings (SSSR count). The van der Waals surface area contributed by atoms with Crippen molar-refractivity contribution in [2.75, 3.05) is 26.1 Å². The second kappa shape index (κ2) is 13.4. The molecule has 0 aliphatic carbocycles. The molecule has 52 heavy (non-hydrogen) atoms. The highest BCUT2D eigenvalue weighted by molar-refractivity contribution is 6.06. The van der Waals surface area contributed by atoms with Crippen LogP contribution >= 0.6 is 0 Å². The lowest BCUT2D eigenvalue weighted by Gasteiger charge is -2.19. The summed E-state index contributed by atoms with van der Waals surface area (Å²) in [5.74, 6) is 1.51. The van der Waals surface area contributed by atoms with Crippen LogP contribution in [0.5, 0.6) is 23.0 Å². The second-order valence-electron chi connectivity index (χ2n) is 13.2. The first-order valence-electron chi connectivity index (χ1n) is 17.2. The van der Waals surface area contributed by atoms with Crippen LogP contribution in [-0.4, -0.2) is 71.6 Å². The van der Waals surface area contributed by atoms with E-state index in [2.05, 4.69) is 9.98 Å². The van der Waals surface area contributed by atoms with E-state index in [0.717, 1.165) is 27.8 Å². The molecule has 4 aliphatic heterocycles. The van der Waals surface area contributed by atoms with Crippen LogP contribution in [0.25, 0.3) is 11.1 Å². The van der Waals surface area contributed by atoms with Crippen LogP contribution in [-0.2, 0) is 0 Å². The minimum Gasteiger partial charge on any atom is -0.508 e. The fourth-order valence-electron chi connectivity index (χ4n) is 6.95. The fourth-order valence-corrected chi connectivity index (χ4v) is 6.95. The third-order valence-corrected chi connectivity index (χ3v) is 9.76. The number of methoxy groups -OCH3 is 1. The number of anilines is 1. The Morgan fingerprint density at radius 2 is 1.25 bits per heavy atom. The van der Waals surface area contributed by atoms with Crippen LogP contribution in [0.3, 0.4) is 0 Å².